The van der Waals surface area contributed by atoms with Crippen LogP contribution in [0.3, 0.4) is 0 Å². The van der Waals surface area contributed by atoms with Gasteiger partial charge < -0.3 is 9.47 Å². The number of nitro benzene ring substituents is 1. The second-order valence-electron chi connectivity index (χ2n) is 4.78. The molecular formula is C16H16N2O6S. The molecule has 2 rings (SSSR count). The highest BCUT2D eigenvalue weighted by Gasteiger charge is 2.21. The number of ether oxygens (including phenoxy) is 2. The van der Waals surface area contributed by atoms with Crippen LogP contribution in [0.2, 0.25) is 0 Å². The standard InChI is InChI=1S/C16H16N2O6S/c1-3-24-15-10-12(9-14(18(19)20)16(15)23-2)11-17-25(21,22)13-7-5-4-6-8-13/h4-11H,3H2,1-2H3/b17-11-. The van der Waals surface area contributed by atoms with Crippen LogP contribution in [0, 0.1) is 10.1 Å². The maximum absolute atomic E-state index is 12.2. The van der Waals surface area contributed by atoms with E-state index in [1.807, 2.05) is 0 Å². The van der Waals surface area contributed by atoms with Crippen molar-refractivity contribution in [3.8, 4) is 11.5 Å². The fourth-order valence-electron chi connectivity index (χ4n) is 2.07. The highest BCUT2D eigenvalue weighted by molar-refractivity contribution is 7.90. The van der Waals surface area contributed by atoms with E-state index in [1.54, 1.807) is 25.1 Å². The third-order valence-electron chi connectivity index (χ3n) is 3.14. The zero-order valence-electron chi connectivity index (χ0n) is 13.6. The molecule has 0 aliphatic carbocycles. The molecule has 0 amide bonds. The van der Waals surface area contributed by atoms with Crippen molar-refractivity contribution < 1.29 is 22.8 Å². The molecule has 2 aromatic carbocycles. The van der Waals surface area contributed by atoms with Crippen molar-refractivity contribution in [1.82, 2.24) is 0 Å². The molecule has 0 fully saturated rings. The van der Waals surface area contributed by atoms with Crippen molar-refractivity contribution in [3.63, 3.8) is 0 Å². The minimum Gasteiger partial charge on any atom is -0.490 e. The summed E-state index contributed by atoms with van der Waals surface area (Å²) in [6, 6.07) is 10.3. The van der Waals surface area contributed by atoms with E-state index in [4.69, 9.17) is 9.47 Å². The smallest absolute Gasteiger partial charge is 0.315 e. The number of hydrogen-bond donors (Lipinski definition) is 0. The van der Waals surface area contributed by atoms with Crippen molar-refractivity contribution >= 4 is 21.9 Å². The molecule has 0 radical (unpaired) electrons. The van der Waals surface area contributed by atoms with Crippen LogP contribution in [0.4, 0.5) is 5.69 Å². The number of nitro groups is 1. The molecule has 0 unspecified atom stereocenters. The molecule has 0 saturated carbocycles. The summed E-state index contributed by atoms with van der Waals surface area (Å²) in [5.41, 5.74) is -0.137. The lowest BCUT2D eigenvalue weighted by atomic mass is 10.2. The Kier molecular flexibility index (Phi) is 5.71. The van der Waals surface area contributed by atoms with Gasteiger partial charge in [-0.1, -0.05) is 18.2 Å². The minimum atomic E-state index is -3.90. The van der Waals surface area contributed by atoms with Crippen molar-refractivity contribution in [1.29, 1.82) is 0 Å². The molecular weight excluding hydrogens is 348 g/mol. The van der Waals surface area contributed by atoms with Gasteiger partial charge in [-0.25, -0.2) is 0 Å². The van der Waals surface area contributed by atoms with Crippen molar-refractivity contribution in [2.75, 3.05) is 13.7 Å². The molecule has 0 atom stereocenters. The van der Waals surface area contributed by atoms with Crippen LogP contribution < -0.4 is 9.47 Å². The Hall–Kier alpha value is -2.94. The average molecular weight is 364 g/mol. The largest absolute Gasteiger partial charge is 0.490 e. The highest BCUT2D eigenvalue weighted by atomic mass is 32.2. The lowest BCUT2D eigenvalue weighted by molar-refractivity contribution is -0.385. The van der Waals surface area contributed by atoms with E-state index in [0.29, 0.717) is 0 Å². The molecule has 0 aromatic heterocycles. The Morgan fingerprint density at radius 2 is 1.92 bits per heavy atom. The summed E-state index contributed by atoms with van der Waals surface area (Å²) < 4.78 is 38.3. The lowest BCUT2D eigenvalue weighted by Crippen LogP contribution is -2.02. The van der Waals surface area contributed by atoms with Gasteiger partial charge in [0.25, 0.3) is 10.0 Å². The summed E-state index contributed by atoms with van der Waals surface area (Å²) in [5.74, 6) is 0.104. The van der Waals surface area contributed by atoms with Crippen LogP contribution in [0.1, 0.15) is 12.5 Å². The Balaban J connectivity index is 2.47. The zero-order chi connectivity index (χ0) is 18.4. The molecule has 0 heterocycles. The van der Waals surface area contributed by atoms with Crippen LogP contribution in [0.15, 0.2) is 51.8 Å². The summed E-state index contributed by atoms with van der Waals surface area (Å²) >= 11 is 0. The Bertz CT molecular complexity index is 894. The molecule has 25 heavy (non-hydrogen) atoms. The lowest BCUT2D eigenvalue weighted by Gasteiger charge is -2.10. The maximum Gasteiger partial charge on any atom is 0.315 e. The van der Waals surface area contributed by atoms with E-state index in [1.165, 1.54) is 31.4 Å². The normalized spacial score (nSPS) is 11.4. The zero-order valence-corrected chi connectivity index (χ0v) is 14.4. The van der Waals surface area contributed by atoms with Crippen molar-refractivity contribution in [3.05, 3.63) is 58.1 Å². The quantitative estimate of drug-likeness (QED) is 0.425. The summed E-state index contributed by atoms with van der Waals surface area (Å²) in [6.45, 7) is 1.97. The van der Waals surface area contributed by atoms with Gasteiger partial charge in [-0.3, -0.25) is 10.1 Å². The summed E-state index contributed by atoms with van der Waals surface area (Å²) in [4.78, 5) is 10.6. The number of sulfonamides is 1. The molecule has 0 spiro atoms. The predicted molar refractivity (Wildman–Crippen MR) is 92.0 cm³/mol. The molecule has 0 aliphatic rings. The fraction of sp³-hybridized carbons (Fsp3) is 0.188. The third-order valence-corrected chi connectivity index (χ3v) is 4.39. The molecule has 8 nitrogen and oxygen atoms in total. The first-order chi connectivity index (χ1) is 11.9. The molecule has 132 valence electrons. The first-order valence-electron chi connectivity index (χ1n) is 7.23. The van der Waals surface area contributed by atoms with Gasteiger partial charge in [-0.05, 0) is 25.1 Å². The molecule has 0 saturated heterocycles. The molecule has 0 aliphatic heterocycles. The third kappa shape index (κ3) is 4.32. The maximum atomic E-state index is 12.2. The Morgan fingerprint density at radius 3 is 2.48 bits per heavy atom. The molecule has 0 bridgehead atoms. The number of benzene rings is 2. The highest BCUT2D eigenvalue weighted by Crippen LogP contribution is 2.37. The topological polar surface area (TPSA) is 108 Å². The van der Waals surface area contributed by atoms with E-state index in [0.717, 1.165) is 6.21 Å². The van der Waals surface area contributed by atoms with Crippen LogP contribution in [-0.2, 0) is 10.0 Å². The van der Waals surface area contributed by atoms with Crippen LogP contribution >= 0.6 is 0 Å². The van der Waals surface area contributed by atoms with Crippen LogP contribution in [0.5, 0.6) is 11.5 Å². The van der Waals surface area contributed by atoms with Crippen LogP contribution in [0.25, 0.3) is 0 Å². The van der Waals surface area contributed by atoms with Gasteiger partial charge in [0.1, 0.15) is 0 Å². The first kappa shape index (κ1) is 18.4. The number of methoxy groups -OCH3 is 1. The summed E-state index contributed by atoms with van der Waals surface area (Å²) in [7, 11) is -2.61. The van der Waals surface area contributed by atoms with E-state index in [-0.39, 0.29) is 34.3 Å². The number of hydrogen-bond acceptors (Lipinski definition) is 6. The van der Waals surface area contributed by atoms with Gasteiger partial charge in [0, 0.05) is 17.8 Å². The Labute approximate surface area is 144 Å². The second kappa shape index (κ2) is 7.75. The monoisotopic (exact) mass is 364 g/mol. The van der Waals surface area contributed by atoms with E-state index >= 15 is 0 Å². The van der Waals surface area contributed by atoms with Gasteiger partial charge in [-0.2, -0.15) is 12.8 Å². The van der Waals surface area contributed by atoms with Crippen molar-refractivity contribution in [2.24, 2.45) is 4.40 Å². The van der Waals surface area contributed by atoms with Crippen LogP contribution in [-0.4, -0.2) is 33.3 Å². The van der Waals surface area contributed by atoms with Gasteiger partial charge in [0.05, 0.1) is 23.5 Å². The van der Waals surface area contributed by atoms with Gasteiger partial charge in [0.2, 0.25) is 5.75 Å². The summed E-state index contributed by atoms with van der Waals surface area (Å²) in [6.07, 6.45) is 1.04. The molecule has 9 heteroatoms. The fourth-order valence-corrected chi connectivity index (χ4v) is 2.95. The number of nitrogens with zero attached hydrogens (tertiary/aromatic N) is 2. The SMILES string of the molecule is CCOc1cc(/C=N\S(=O)(=O)c2ccccc2)cc([N+](=O)[O-])c1OC. The minimum absolute atomic E-state index is 0.0271. The number of rotatable bonds is 7. The van der Waals surface area contributed by atoms with Crippen molar-refractivity contribution in [2.45, 2.75) is 11.8 Å². The Morgan fingerprint density at radius 1 is 1.24 bits per heavy atom. The second-order valence-corrected chi connectivity index (χ2v) is 6.42. The van der Waals surface area contributed by atoms with Gasteiger partial charge >= 0.3 is 5.69 Å². The average Bonchev–Trinajstić information content (AvgIpc) is 2.60. The van der Waals surface area contributed by atoms with Gasteiger partial charge in [-0.15, -0.1) is 0 Å². The predicted octanol–water partition coefficient (Wildman–Crippen LogP) is 2.81. The van der Waals surface area contributed by atoms with E-state index in [2.05, 4.69) is 4.40 Å². The molecule has 0 N–H and O–H groups in total. The van der Waals surface area contributed by atoms with E-state index < -0.39 is 14.9 Å². The van der Waals surface area contributed by atoms with E-state index in [9.17, 15) is 18.5 Å². The van der Waals surface area contributed by atoms with Gasteiger partial charge in [0.15, 0.2) is 5.75 Å². The first-order valence-corrected chi connectivity index (χ1v) is 8.67. The summed E-state index contributed by atoms with van der Waals surface area (Å²) in [5, 5.41) is 11.2. The molecule has 2 aromatic rings.